The summed E-state index contributed by atoms with van der Waals surface area (Å²) in [7, 11) is 0. The van der Waals surface area contributed by atoms with E-state index >= 15 is 0 Å². The minimum absolute atomic E-state index is 0.108. The second-order valence-electron chi connectivity index (χ2n) is 7.09. The lowest BCUT2D eigenvalue weighted by Gasteiger charge is -2.10. The summed E-state index contributed by atoms with van der Waals surface area (Å²) in [6.07, 6.45) is 3.91. The molecule has 0 atom stereocenters. The molecule has 0 fully saturated rings. The number of hydrogen-bond donors (Lipinski definition) is 3. The normalized spacial score (nSPS) is 12.0. The SMILES string of the molecule is NN=c1c2c(-c3ccccc3)cn(Cc3ccccc3)c2ncn1CCNCCO. The average molecular weight is 403 g/mol. The van der Waals surface area contributed by atoms with Crippen molar-refractivity contribution in [1.82, 2.24) is 19.4 Å². The van der Waals surface area contributed by atoms with Crippen molar-refractivity contribution in [1.29, 1.82) is 0 Å². The fourth-order valence-electron chi connectivity index (χ4n) is 3.67. The Morgan fingerprint density at radius 2 is 1.70 bits per heavy atom. The average Bonchev–Trinajstić information content (AvgIpc) is 3.16. The molecule has 4 aromatic rings. The predicted octanol–water partition coefficient (Wildman–Crippen LogP) is 1.91. The number of rotatable bonds is 8. The number of nitrogens with zero attached hydrogens (tertiary/aromatic N) is 4. The minimum Gasteiger partial charge on any atom is -0.395 e. The molecule has 2 heterocycles. The van der Waals surface area contributed by atoms with Crippen molar-refractivity contribution in [3.63, 3.8) is 0 Å². The molecule has 0 spiro atoms. The van der Waals surface area contributed by atoms with Crippen LogP contribution in [0.4, 0.5) is 0 Å². The van der Waals surface area contributed by atoms with E-state index in [4.69, 9.17) is 15.9 Å². The van der Waals surface area contributed by atoms with Crippen LogP contribution in [-0.4, -0.2) is 38.9 Å². The van der Waals surface area contributed by atoms with Crippen LogP contribution in [0.1, 0.15) is 5.56 Å². The molecule has 0 aliphatic carbocycles. The van der Waals surface area contributed by atoms with E-state index in [2.05, 4.69) is 45.4 Å². The third-order valence-electron chi connectivity index (χ3n) is 5.09. The van der Waals surface area contributed by atoms with E-state index in [0.29, 0.717) is 31.7 Å². The van der Waals surface area contributed by atoms with E-state index in [1.807, 2.05) is 41.0 Å². The Kier molecular flexibility index (Phi) is 6.22. The fourth-order valence-corrected chi connectivity index (χ4v) is 3.67. The van der Waals surface area contributed by atoms with Gasteiger partial charge in [-0.3, -0.25) is 0 Å². The summed E-state index contributed by atoms with van der Waals surface area (Å²) in [5, 5.41) is 17.2. The van der Waals surface area contributed by atoms with Gasteiger partial charge in [0.25, 0.3) is 0 Å². The molecule has 2 aromatic heterocycles. The number of aliphatic hydroxyl groups excluding tert-OH is 1. The highest BCUT2D eigenvalue weighted by Crippen LogP contribution is 2.28. The number of nitrogens with one attached hydrogen (secondary N) is 1. The molecule has 154 valence electrons. The van der Waals surface area contributed by atoms with Crippen LogP contribution in [0.25, 0.3) is 22.2 Å². The molecule has 0 radical (unpaired) electrons. The molecule has 7 heteroatoms. The van der Waals surface area contributed by atoms with Gasteiger partial charge < -0.3 is 25.4 Å². The number of nitrogens with two attached hydrogens (primary N) is 1. The summed E-state index contributed by atoms with van der Waals surface area (Å²) in [5.74, 6) is 5.86. The molecule has 0 aliphatic rings. The molecule has 4 rings (SSSR count). The second kappa shape index (κ2) is 9.39. The van der Waals surface area contributed by atoms with Crippen LogP contribution in [0.15, 0.2) is 78.3 Å². The lowest BCUT2D eigenvalue weighted by molar-refractivity contribution is 0.291. The molecule has 0 amide bonds. The van der Waals surface area contributed by atoms with E-state index in [-0.39, 0.29) is 6.61 Å². The highest BCUT2D eigenvalue weighted by Gasteiger charge is 2.16. The molecule has 0 bridgehead atoms. The van der Waals surface area contributed by atoms with Gasteiger partial charge in [0, 0.05) is 37.9 Å². The zero-order valence-electron chi connectivity index (χ0n) is 16.8. The van der Waals surface area contributed by atoms with Crippen molar-refractivity contribution in [3.05, 3.63) is 84.2 Å². The van der Waals surface area contributed by atoms with Crippen LogP contribution in [-0.2, 0) is 13.1 Å². The van der Waals surface area contributed by atoms with Crippen LogP contribution in [0.3, 0.4) is 0 Å². The van der Waals surface area contributed by atoms with Crippen molar-refractivity contribution < 1.29 is 5.11 Å². The molecular formula is C23H26N6O. The first-order chi connectivity index (χ1) is 14.8. The summed E-state index contributed by atoms with van der Waals surface area (Å²) >= 11 is 0. The summed E-state index contributed by atoms with van der Waals surface area (Å²) < 4.78 is 4.10. The molecule has 2 aromatic carbocycles. The van der Waals surface area contributed by atoms with Gasteiger partial charge in [-0.15, -0.1) is 0 Å². The molecule has 0 saturated carbocycles. The third kappa shape index (κ3) is 4.12. The Bertz CT molecular complexity index is 1170. The van der Waals surface area contributed by atoms with Gasteiger partial charge in [-0.1, -0.05) is 60.7 Å². The van der Waals surface area contributed by atoms with Crippen molar-refractivity contribution >= 4 is 11.0 Å². The van der Waals surface area contributed by atoms with Gasteiger partial charge in [0.2, 0.25) is 0 Å². The summed E-state index contributed by atoms with van der Waals surface area (Å²) in [4.78, 5) is 4.76. The molecule has 7 nitrogen and oxygen atoms in total. The van der Waals surface area contributed by atoms with Crippen LogP contribution in [0, 0.1) is 0 Å². The molecule has 0 unspecified atom stereocenters. The minimum atomic E-state index is 0.108. The fraction of sp³-hybridized carbons (Fsp3) is 0.217. The Balaban J connectivity index is 1.84. The zero-order valence-corrected chi connectivity index (χ0v) is 16.8. The first kappa shape index (κ1) is 19.9. The maximum absolute atomic E-state index is 8.97. The van der Waals surface area contributed by atoms with Crippen LogP contribution in [0.5, 0.6) is 0 Å². The largest absolute Gasteiger partial charge is 0.395 e. The first-order valence-electron chi connectivity index (χ1n) is 10.0. The van der Waals surface area contributed by atoms with Gasteiger partial charge in [0.05, 0.1) is 18.3 Å². The number of aromatic nitrogens is 3. The molecule has 30 heavy (non-hydrogen) atoms. The number of fused-ring (bicyclic) bond motifs is 1. The van der Waals surface area contributed by atoms with Crippen molar-refractivity contribution in [2.75, 3.05) is 19.7 Å². The van der Waals surface area contributed by atoms with Gasteiger partial charge in [-0.2, -0.15) is 5.10 Å². The van der Waals surface area contributed by atoms with E-state index in [9.17, 15) is 0 Å². The zero-order chi connectivity index (χ0) is 20.8. The highest BCUT2D eigenvalue weighted by molar-refractivity contribution is 5.93. The van der Waals surface area contributed by atoms with Crippen LogP contribution in [0.2, 0.25) is 0 Å². The number of benzene rings is 2. The maximum Gasteiger partial charge on any atom is 0.165 e. The Hall–Kier alpha value is -3.42. The van der Waals surface area contributed by atoms with Gasteiger partial charge in [0.15, 0.2) is 5.49 Å². The van der Waals surface area contributed by atoms with Gasteiger partial charge >= 0.3 is 0 Å². The first-order valence-corrected chi connectivity index (χ1v) is 10.0. The van der Waals surface area contributed by atoms with E-state index in [1.54, 1.807) is 6.33 Å². The van der Waals surface area contributed by atoms with Gasteiger partial charge in [-0.05, 0) is 11.1 Å². The summed E-state index contributed by atoms with van der Waals surface area (Å²) in [6, 6.07) is 20.5. The quantitative estimate of drug-likeness (QED) is 0.238. The Morgan fingerprint density at radius 3 is 2.40 bits per heavy atom. The van der Waals surface area contributed by atoms with Gasteiger partial charge in [0.1, 0.15) is 5.65 Å². The van der Waals surface area contributed by atoms with E-state index in [0.717, 1.165) is 22.2 Å². The van der Waals surface area contributed by atoms with Crippen LogP contribution < -0.4 is 16.6 Å². The van der Waals surface area contributed by atoms with Crippen molar-refractivity contribution in [2.45, 2.75) is 13.1 Å². The lowest BCUT2D eigenvalue weighted by Crippen LogP contribution is -2.30. The molecular weight excluding hydrogens is 376 g/mol. The third-order valence-corrected chi connectivity index (χ3v) is 5.09. The summed E-state index contributed by atoms with van der Waals surface area (Å²) in [5.41, 5.74) is 4.89. The molecule has 0 aliphatic heterocycles. The monoisotopic (exact) mass is 402 g/mol. The van der Waals surface area contributed by atoms with Crippen LogP contribution >= 0.6 is 0 Å². The predicted molar refractivity (Wildman–Crippen MR) is 118 cm³/mol. The molecule has 4 N–H and O–H groups in total. The summed E-state index contributed by atoms with van der Waals surface area (Å²) in [6.45, 7) is 2.71. The van der Waals surface area contributed by atoms with Gasteiger partial charge in [-0.25, -0.2) is 4.98 Å². The van der Waals surface area contributed by atoms with Crippen molar-refractivity contribution in [3.8, 4) is 11.1 Å². The second-order valence-corrected chi connectivity index (χ2v) is 7.09. The number of hydrogen-bond acceptors (Lipinski definition) is 5. The molecule has 0 saturated heterocycles. The van der Waals surface area contributed by atoms with E-state index in [1.165, 1.54) is 5.56 Å². The Morgan fingerprint density at radius 1 is 0.967 bits per heavy atom. The van der Waals surface area contributed by atoms with Crippen molar-refractivity contribution in [2.24, 2.45) is 10.9 Å². The Labute approximate surface area is 175 Å². The number of aliphatic hydroxyl groups is 1. The maximum atomic E-state index is 8.97. The topological polar surface area (TPSA) is 93.4 Å². The van der Waals surface area contributed by atoms with E-state index < -0.39 is 0 Å². The smallest absolute Gasteiger partial charge is 0.165 e. The highest BCUT2D eigenvalue weighted by atomic mass is 16.3. The standard InChI is InChI=1S/C23H26N6O/c24-27-23-21-20(19-9-5-2-6-10-19)16-29(15-18-7-3-1-4-8-18)22(21)26-17-28(23)13-11-25-12-14-30/h1-10,16-17,25,30H,11-15,24H2. The lowest BCUT2D eigenvalue weighted by atomic mass is 10.1.